The Morgan fingerprint density at radius 2 is 2.17 bits per heavy atom. The fourth-order valence-electron chi connectivity index (χ4n) is 1.79. The minimum atomic E-state index is -0.558. The molecule has 18 heavy (non-hydrogen) atoms. The Morgan fingerprint density at radius 1 is 1.50 bits per heavy atom. The van der Waals surface area contributed by atoms with Crippen LogP contribution in [0.2, 0.25) is 0 Å². The van der Waals surface area contributed by atoms with Crippen molar-refractivity contribution in [2.24, 2.45) is 0 Å². The summed E-state index contributed by atoms with van der Waals surface area (Å²) in [5.41, 5.74) is 0.592. The summed E-state index contributed by atoms with van der Waals surface area (Å²) in [5.74, 6) is -0.548. The number of nitrogens with zero attached hydrogens (tertiary/aromatic N) is 1. The van der Waals surface area contributed by atoms with E-state index in [0.717, 1.165) is 25.3 Å². The number of nitrogens with one attached hydrogen (secondary N) is 1. The lowest BCUT2D eigenvalue weighted by Crippen LogP contribution is -2.16. The number of unbranched alkanes of at least 4 members (excludes halogenated alkanes) is 1. The Morgan fingerprint density at radius 3 is 2.72 bits per heavy atom. The van der Waals surface area contributed by atoms with Crippen molar-refractivity contribution in [2.45, 2.75) is 46.1 Å². The predicted octanol–water partition coefficient (Wildman–Crippen LogP) is 4.03. The van der Waals surface area contributed by atoms with Gasteiger partial charge in [0.15, 0.2) is 0 Å². The molecule has 0 bridgehead atoms. The van der Waals surface area contributed by atoms with Crippen LogP contribution in [0.15, 0.2) is 12.1 Å². The number of hydrogen-bond acceptors (Lipinski definition) is 3. The standard InChI is InChI=1S/C13H19FN2O2/c1-4-5-6-10(3)15-12-7-9(2)11(14)8-13(12)16(17)18/h7-8,10,15H,4-6H2,1-3H3. The molecule has 1 aromatic carbocycles. The SMILES string of the molecule is CCCCC(C)Nc1cc(C)c(F)cc1[N+](=O)[O-]. The molecule has 1 unspecified atom stereocenters. The normalized spacial score (nSPS) is 12.2. The lowest BCUT2D eigenvalue weighted by atomic mass is 10.1. The lowest BCUT2D eigenvalue weighted by Gasteiger charge is -2.15. The first kappa shape index (κ1) is 14.4. The van der Waals surface area contributed by atoms with Crippen molar-refractivity contribution in [1.29, 1.82) is 0 Å². The molecule has 1 N–H and O–H groups in total. The van der Waals surface area contributed by atoms with Crippen molar-refractivity contribution >= 4 is 11.4 Å². The maximum absolute atomic E-state index is 13.3. The maximum atomic E-state index is 13.3. The Kier molecular flexibility index (Phi) is 5.07. The van der Waals surface area contributed by atoms with Crippen LogP contribution in [0.5, 0.6) is 0 Å². The third-order valence-electron chi connectivity index (χ3n) is 2.87. The smallest absolute Gasteiger partial charge is 0.295 e. The van der Waals surface area contributed by atoms with Gasteiger partial charge in [-0.05, 0) is 31.9 Å². The molecule has 100 valence electrons. The third-order valence-corrected chi connectivity index (χ3v) is 2.87. The Labute approximate surface area is 106 Å². The van der Waals surface area contributed by atoms with Crippen LogP contribution in [-0.2, 0) is 0 Å². The minimum absolute atomic E-state index is 0.133. The summed E-state index contributed by atoms with van der Waals surface area (Å²) in [5, 5.41) is 14.0. The maximum Gasteiger partial charge on any atom is 0.295 e. The molecule has 0 aliphatic rings. The highest BCUT2D eigenvalue weighted by Gasteiger charge is 2.18. The molecule has 1 aromatic rings. The highest BCUT2D eigenvalue weighted by atomic mass is 19.1. The molecular weight excluding hydrogens is 235 g/mol. The van der Waals surface area contributed by atoms with Crippen LogP contribution in [0, 0.1) is 22.9 Å². The van der Waals surface area contributed by atoms with E-state index in [2.05, 4.69) is 12.2 Å². The first-order chi connectivity index (χ1) is 8.45. The van der Waals surface area contributed by atoms with Crippen LogP contribution >= 0.6 is 0 Å². The van der Waals surface area contributed by atoms with E-state index in [9.17, 15) is 14.5 Å². The molecular formula is C13H19FN2O2. The molecule has 0 radical (unpaired) electrons. The van der Waals surface area contributed by atoms with E-state index in [1.54, 1.807) is 6.92 Å². The van der Waals surface area contributed by atoms with Crippen molar-refractivity contribution < 1.29 is 9.31 Å². The van der Waals surface area contributed by atoms with Crippen LogP contribution in [0.25, 0.3) is 0 Å². The van der Waals surface area contributed by atoms with Crippen LogP contribution in [0.1, 0.15) is 38.7 Å². The molecule has 0 aromatic heterocycles. The second kappa shape index (κ2) is 6.33. The summed E-state index contributed by atoms with van der Waals surface area (Å²) in [4.78, 5) is 10.3. The van der Waals surface area contributed by atoms with Gasteiger partial charge in [0.25, 0.3) is 5.69 Å². The van der Waals surface area contributed by atoms with Crippen molar-refractivity contribution in [1.82, 2.24) is 0 Å². The molecule has 0 aliphatic heterocycles. The van der Waals surface area contributed by atoms with Crippen molar-refractivity contribution in [3.63, 3.8) is 0 Å². The molecule has 0 spiro atoms. The zero-order chi connectivity index (χ0) is 13.7. The Bertz CT molecular complexity index is 435. The van der Waals surface area contributed by atoms with E-state index in [-0.39, 0.29) is 11.7 Å². The molecule has 0 aliphatic carbocycles. The number of hydrogen-bond donors (Lipinski definition) is 1. The van der Waals surface area contributed by atoms with E-state index in [4.69, 9.17) is 0 Å². The molecule has 0 amide bonds. The number of benzene rings is 1. The molecule has 0 fully saturated rings. The van der Waals surface area contributed by atoms with Crippen molar-refractivity contribution in [3.05, 3.63) is 33.6 Å². The molecule has 1 atom stereocenters. The van der Waals surface area contributed by atoms with Gasteiger partial charge in [-0.2, -0.15) is 0 Å². The van der Waals surface area contributed by atoms with Crippen molar-refractivity contribution in [3.8, 4) is 0 Å². The second-order valence-electron chi connectivity index (χ2n) is 4.56. The average molecular weight is 254 g/mol. The Hall–Kier alpha value is -1.65. The first-order valence-electron chi connectivity index (χ1n) is 6.16. The summed E-state index contributed by atoms with van der Waals surface area (Å²) >= 11 is 0. The van der Waals surface area contributed by atoms with Gasteiger partial charge in [-0.15, -0.1) is 0 Å². The number of nitro benzene ring substituents is 1. The molecule has 1 rings (SSSR count). The summed E-state index contributed by atoms with van der Waals surface area (Å²) in [7, 11) is 0. The molecule has 4 nitrogen and oxygen atoms in total. The van der Waals surface area contributed by atoms with E-state index in [1.165, 1.54) is 6.07 Å². The highest BCUT2D eigenvalue weighted by molar-refractivity contribution is 5.63. The second-order valence-corrected chi connectivity index (χ2v) is 4.56. The van der Waals surface area contributed by atoms with Crippen LogP contribution in [0.3, 0.4) is 0 Å². The van der Waals surface area contributed by atoms with Crippen LogP contribution in [-0.4, -0.2) is 11.0 Å². The number of anilines is 1. The largest absolute Gasteiger partial charge is 0.377 e. The summed E-state index contributed by atoms with van der Waals surface area (Å²) in [6.45, 7) is 5.66. The van der Waals surface area contributed by atoms with Gasteiger partial charge < -0.3 is 5.32 Å². The molecule has 0 heterocycles. The minimum Gasteiger partial charge on any atom is -0.377 e. The zero-order valence-electron chi connectivity index (χ0n) is 11.0. The average Bonchev–Trinajstić information content (AvgIpc) is 2.30. The Balaban J connectivity index is 2.93. The van der Waals surface area contributed by atoms with Gasteiger partial charge in [-0.25, -0.2) is 4.39 Å². The number of halogens is 1. The van der Waals surface area contributed by atoms with Crippen molar-refractivity contribution in [2.75, 3.05) is 5.32 Å². The molecule has 0 saturated heterocycles. The predicted molar refractivity (Wildman–Crippen MR) is 70.4 cm³/mol. The molecule has 5 heteroatoms. The van der Waals surface area contributed by atoms with Crippen LogP contribution < -0.4 is 5.32 Å². The van der Waals surface area contributed by atoms with E-state index in [0.29, 0.717) is 11.3 Å². The first-order valence-corrected chi connectivity index (χ1v) is 6.16. The van der Waals surface area contributed by atoms with Gasteiger partial charge >= 0.3 is 0 Å². The zero-order valence-corrected chi connectivity index (χ0v) is 11.0. The molecule has 0 saturated carbocycles. The quantitative estimate of drug-likeness (QED) is 0.616. The number of nitro groups is 1. The van der Waals surface area contributed by atoms with Gasteiger partial charge in [-0.3, -0.25) is 10.1 Å². The summed E-state index contributed by atoms with van der Waals surface area (Å²) < 4.78 is 13.3. The van der Waals surface area contributed by atoms with Gasteiger partial charge in [0.2, 0.25) is 0 Å². The van der Waals surface area contributed by atoms with E-state index < -0.39 is 10.7 Å². The fourth-order valence-corrected chi connectivity index (χ4v) is 1.79. The fraction of sp³-hybridized carbons (Fsp3) is 0.538. The highest BCUT2D eigenvalue weighted by Crippen LogP contribution is 2.28. The lowest BCUT2D eigenvalue weighted by molar-refractivity contribution is -0.384. The third kappa shape index (κ3) is 3.68. The summed E-state index contributed by atoms with van der Waals surface area (Å²) in [6, 6.07) is 2.61. The van der Waals surface area contributed by atoms with Gasteiger partial charge in [0.1, 0.15) is 11.5 Å². The van der Waals surface area contributed by atoms with Gasteiger partial charge in [-0.1, -0.05) is 19.8 Å². The van der Waals surface area contributed by atoms with E-state index >= 15 is 0 Å². The monoisotopic (exact) mass is 254 g/mol. The van der Waals surface area contributed by atoms with Gasteiger partial charge in [0.05, 0.1) is 11.0 Å². The van der Waals surface area contributed by atoms with E-state index in [1.807, 2.05) is 6.92 Å². The number of aryl methyl sites for hydroxylation is 1. The van der Waals surface area contributed by atoms with Crippen LogP contribution in [0.4, 0.5) is 15.8 Å². The van der Waals surface area contributed by atoms with Gasteiger partial charge in [0, 0.05) is 6.04 Å². The number of rotatable bonds is 6. The summed E-state index contributed by atoms with van der Waals surface area (Å²) in [6.07, 6.45) is 3.07. The topological polar surface area (TPSA) is 55.2 Å².